The highest BCUT2D eigenvalue weighted by molar-refractivity contribution is 5.97. The topological polar surface area (TPSA) is 81.4 Å². The molecule has 0 aromatic heterocycles. The molecule has 0 fully saturated rings. The van der Waals surface area contributed by atoms with E-state index in [2.05, 4.69) is 5.32 Å². The van der Waals surface area contributed by atoms with Gasteiger partial charge in [0.25, 0.3) is 0 Å². The van der Waals surface area contributed by atoms with Crippen molar-refractivity contribution < 1.29 is 18.7 Å². The number of anilines is 1. The van der Waals surface area contributed by atoms with Crippen LogP contribution >= 0.6 is 0 Å². The van der Waals surface area contributed by atoms with E-state index in [1.165, 1.54) is 11.6 Å². The molecule has 1 unspecified atom stereocenters. The first-order valence-corrected chi connectivity index (χ1v) is 8.95. The third-order valence-electron chi connectivity index (χ3n) is 5.12. The molecule has 1 aliphatic rings. The molecule has 0 saturated heterocycles. The Balaban J connectivity index is 1.77. The molecule has 0 heterocycles. The number of halogens is 1. The van der Waals surface area contributed by atoms with E-state index in [1.54, 1.807) is 14.0 Å². The van der Waals surface area contributed by atoms with E-state index in [-0.39, 0.29) is 28.6 Å². The normalized spacial score (nSPS) is 15.7. The Kier molecular flexibility index (Phi) is 5.44. The van der Waals surface area contributed by atoms with Crippen molar-refractivity contribution >= 4 is 17.5 Å². The van der Waals surface area contributed by atoms with Crippen LogP contribution < -0.4 is 15.8 Å². The number of rotatable bonds is 5. The molecule has 2 aromatic carbocycles. The monoisotopic (exact) mass is 370 g/mol. The molecule has 1 aliphatic carbocycles. The molecule has 2 aromatic rings. The molecule has 3 rings (SSSR count). The zero-order chi connectivity index (χ0) is 19.6. The minimum Gasteiger partial charge on any atom is -0.497 e. The maximum Gasteiger partial charge on any atom is 0.248 e. The number of ether oxygens (including phenoxy) is 1. The molecule has 0 aliphatic heterocycles. The van der Waals surface area contributed by atoms with Gasteiger partial charge in [-0.05, 0) is 67.5 Å². The lowest BCUT2D eigenvalue weighted by Crippen LogP contribution is -2.20. The second-order valence-corrected chi connectivity index (χ2v) is 6.90. The van der Waals surface area contributed by atoms with E-state index in [1.807, 2.05) is 18.2 Å². The maximum absolute atomic E-state index is 14.0. The van der Waals surface area contributed by atoms with Crippen molar-refractivity contribution in [2.24, 2.45) is 5.73 Å². The van der Waals surface area contributed by atoms with E-state index in [9.17, 15) is 14.0 Å². The number of carbonyl (C=O) groups is 2. The fourth-order valence-corrected chi connectivity index (χ4v) is 3.61. The standard InChI is InChI=1S/C21H23FN2O3/c1-12-18(22)9-15(21(23)26)10-19(12)24-20(25)11-14-5-3-4-13-8-16(27-2)6-7-17(13)14/h6-10,14H,3-5,11H2,1-2H3,(H2,23,26)(H,24,25). The zero-order valence-electron chi connectivity index (χ0n) is 15.5. The van der Waals surface area contributed by atoms with E-state index >= 15 is 0 Å². The first-order valence-electron chi connectivity index (χ1n) is 8.95. The van der Waals surface area contributed by atoms with E-state index in [4.69, 9.17) is 10.5 Å². The number of hydrogen-bond acceptors (Lipinski definition) is 3. The highest BCUT2D eigenvalue weighted by Crippen LogP contribution is 2.36. The van der Waals surface area contributed by atoms with Gasteiger partial charge in [-0.2, -0.15) is 0 Å². The average Bonchev–Trinajstić information content (AvgIpc) is 2.64. The predicted octanol–water partition coefficient (Wildman–Crippen LogP) is 3.69. The molecule has 1 atom stereocenters. The number of benzene rings is 2. The molecule has 27 heavy (non-hydrogen) atoms. The molecule has 0 radical (unpaired) electrons. The second-order valence-electron chi connectivity index (χ2n) is 6.90. The summed E-state index contributed by atoms with van der Waals surface area (Å²) in [7, 11) is 1.64. The van der Waals surface area contributed by atoms with Crippen LogP contribution in [-0.2, 0) is 11.2 Å². The Morgan fingerprint density at radius 2 is 2.07 bits per heavy atom. The fraction of sp³-hybridized carbons (Fsp3) is 0.333. The third kappa shape index (κ3) is 4.10. The van der Waals surface area contributed by atoms with Crippen LogP contribution in [0.25, 0.3) is 0 Å². The summed E-state index contributed by atoms with van der Waals surface area (Å²) in [5.41, 5.74) is 8.18. The summed E-state index contributed by atoms with van der Waals surface area (Å²) < 4.78 is 19.3. The molecule has 6 heteroatoms. The van der Waals surface area contributed by atoms with Crippen molar-refractivity contribution in [1.82, 2.24) is 0 Å². The summed E-state index contributed by atoms with van der Waals surface area (Å²) >= 11 is 0. The fourth-order valence-electron chi connectivity index (χ4n) is 3.61. The van der Waals surface area contributed by atoms with Crippen LogP contribution in [0.1, 0.15) is 52.2 Å². The lowest BCUT2D eigenvalue weighted by atomic mass is 9.81. The lowest BCUT2D eigenvalue weighted by Gasteiger charge is -2.25. The van der Waals surface area contributed by atoms with Gasteiger partial charge >= 0.3 is 0 Å². The van der Waals surface area contributed by atoms with Gasteiger partial charge in [0.05, 0.1) is 7.11 Å². The number of fused-ring (bicyclic) bond motifs is 1. The van der Waals surface area contributed by atoms with Gasteiger partial charge in [-0.3, -0.25) is 9.59 Å². The van der Waals surface area contributed by atoms with Crippen LogP contribution in [0.2, 0.25) is 0 Å². The minimum atomic E-state index is -0.737. The Morgan fingerprint density at radius 1 is 1.30 bits per heavy atom. The Bertz CT molecular complexity index is 895. The summed E-state index contributed by atoms with van der Waals surface area (Å²) in [6.07, 6.45) is 3.18. The maximum atomic E-state index is 14.0. The minimum absolute atomic E-state index is 0.0310. The van der Waals surface area contributed by atoms with Gasteiger partial charge in [0.15, 0.2) is 0 Å². The third-order valence-corrected chi connectivity index (χ3v) is 5.12. The number of nitrogens with two attached hydrogens (primary N) is 1. The number of primary amides is 1. The van der Waals surface area contributed by atoms with Crippen molar-refractivity contribution in [2.45, 2.75) is 38.5 Å². The first-order chi connectivity index (χ1) is 12.9. The van der Waals surface area contributed by atoms with Crippen molar-refractivity contribution in [3.8, 4) is 5.75 Å². The van der Waals surface area contributed by atoms with E-state index in [0.717, 1.165) is 36.6 Å². The summed E-state index contributed by atoms with van der Waals surface area (Å²) in [4.78, 5) is 23.9. The average molecular weight is 370 g/mol. The van der Waals surface area contributed by atoms with Crippen LogP contribution in [-0.4, -0.2) is 18.9 Å². The zero-order valence-corrected chi connectivity index (χ0v) is 15.5. The van der Waals surface area contributed by atoms with Gasteiger partial charge in [-0.25, -0.2) is 4.39 Å². The van der Waals surface area contributed by atoms with Gasteiger partial charge in [0.2, 0.25) is 11.8 Å². The van der Waals surface area contributed by atoms with E-state index in [0.29, 0.717) is 6.42 Å². The summed E-state index contributed by atoms with van der Waals surface area (Å²) in [5.74, 6) is -0.610. The molecule has 2 amide bonds. The van der Waals surface area contributed by atoms with E-state index < -0.39 is 11.7 Å². The van der Waals surface area contributed by atoms with Crippen molar-refractivity contribution in [2.75, 3.05) is 12.4 Å². The Morgan fingerprint density at radius 3 is 2.78 bits per heavy atom. The summed E-state index contributed by atoms with van der Waals surface area (Å²) in [6, 6.07) is 8.44. The van der Waals surface area contributed by atoms with Gasteiger partial charge in [0.1, 0.15) is 11.6 Å². The molecule has 0 spiro atoms. The van der Waals surface area contributed by atoms with Crippen LogP contribution in [0, 0.1) is 12.7 Å². The second kappa shape index (κ2) is 7.78. The van der Waals surface area contributed by atoms with Crippen molar-refractivity contribution in [1.29, 1.82) is 0 Å². The van der Waals surface area contributed by atoms with Crippen molar-refractivity contribution in [3.63, 3.8) is 0 Å². The van der Waals surface area contributed by atoms with Crippen molar-refractivity contribution in [3.05, 3.63) is 58.4 Å². The van der Waals surface area contributed by atoms with Crippen LogP contribution in [0.15, 0.2) is 30.3 Å². The number of carbonyl (C=O) groups excluding carboxylic acids is 2. The SMILES string of the molecule is COc1ccc2c(c1)CCCC2CC(=O)Nc1cc(C(N)=O)cc(F)c1C. The van der Waals surface area contributed by atoms with Gasteiger partial charge < -0.3 is 15.8 Å². The Labute approximate surface area is 157 Å². The number of nitrogens with one attached hydrogen (secondary N) is 1. The number of amides is 2. The number of methoxy groups -OCH3 is 1. The van der Waals surface area contributed by atoms with Gasteiger partial charge in [-0.15, -0.1) is 0 Å². The highest BCUT2D eigenvalue weighted by Gasteiger charge is 2.23. The lowest BCUT2D eigenvalue weighted by molar-refractivity contribution is -0.116. The number of aryl methyl sites for hydroxylation is 1. The molecular formula is C21H23FN2O3. The summed E-state index contributed by atoms with van der Waals surface area (Å²) in [6.45, 7) is 1.55. The first kappa shape index (κ1) is 18.9. The quantitative estimate of drug-likeness (QED) is 0.842. The van der Waals surface area contributed by atoms with Crippen LogP contribution in [0.5, 0.6) is 5.75 Å². The molecular weight excluding hydrogens is 347 g/mol. The molecule has 5 nitrogen and oxygen atoms in total. The highest BCUT2D eigenvalue weighted by atomic mass is 19.1. The Hall–Kier alpha value is -2.89. The predicted molar refractivity (Wildman–Crippen MR) is 102 cm³/mol. The summed E-state index contributed by atoms with van der Waals surface area (Å²) in [5, 5.41) is 2.74. The molecule has 3 N–H and O–H groups in total. The smallest absolute Gasteiger partial charge is 0.248 e. The molecule has 0 saturated carbocycles. The van der Waals surface area contributed by atoms with Gasteiger partial charge in [0, 0.05) is 23.2 Å². The van der Waals surface area contributed by atoms with Crippen LogP contribution in [0.4, 0.5) is 10.1 Å². The van der Waals surface area contributed by atoms with Gasteiger partial charge in [-0.1, -0.05) is 6.07 Å². The van der Waals surface area contributed by atoms with Crippen LogP contribution in [0.3, 0.4) is 0 Å². The molecule has 0 bridgehead atoms. The number of hydrogen-bond donors (Lipinski definition) is 2. The largest absolute Gasteiger partial charge is 0.497 e. The molecule has 142 valence electrons.